The number of unbranched alkanes of at least 4 members (excludes halogenated alkanes) is 3. The summed E-state index contributed by atoms with van der Waals surface area (Å²) in [6.45, 7) is 2.17. The van der Waals surface area contributed by atoms with E-state index in [4.69, 9.17) is 5.26 Å². The van der Waals surface area contributed by atoms with Crippen molar-refractivity contribution in [2.24, 2.45) is 0 Å². The minimum absolute atomic E-state index is 0.170. The van der Waals surface area contributed by atoms with Gasteiger partial charge in [0.2, 0.25) is 0 Å². The van der Waals surface area contributed by atoms with Gasteiger partial charge in [0, 0.05) is 5.39 Å². The lowest BCUT2D eigenvalue weighted by molar-refractivity contribution is 0.572. The van der Waals surface area contributed by atoms with E-state index in [-0.39, 0.29) is 24.5 Å². The molecule has 4 aromatic rings. The summed E-state index contributed by atoms with van der Waals surface area (Å²) in [6.07, 6.45) is 7.24. The molecule has 0 spiro atoms. The molecule has 0 aliphatic carbocycles. The van der Waals surface area contributed by atoms with E-state index in [1.807, 2.05) is 30.3 Å². The van der Waals surface area contributed by atoms with Crippen molar-refractivity contribution in [2.45, 2.75) is 64.7 Å². The second-order valence-electron chi connectivity index (χ2n) is 9.88. The highest BCUT2D eigenvalue weighted by atomic mass is 19.1. The number of aryl methyl sites for hydroxylation is 5. The van der Waals surface area contributed by atoms with Crippen molar-refractivity contribution in [2.75, 3.05) is 0 Å². The highest BCUT2D eigenvalue weighted by Gasteiger charge is 2.13. The van der Waals surface area contributed by atoms with Gasteiger partial charge in [-0.05, 0) is 89.9 Å². The molecule has 4 aromatic carbocycles. The Kier molecular flexibility index (Phi) is 9.18. The predicted molar refractivity (Wildman–Crippen MR) is 144 cm³/mol. The van der Waals surface area contributed by atoms with Gasteiger partial charge in [0.1, 0.15) is 34.9 Å². The fourth-order valence-electron chi connectivity index (χ4n) is 4.87. The molecule has 196 valence electrons. The minimum atomic E-state index is -0.910. The first-order valence-electron chi connectivity index (χ1n) is 13.2. The summed E-state index contributed by atoms with van der Waals surface area (Å²) in [5.74, 6) is -2.35. The Balaban J connectivity index is 1.40. The van der Waals surface area contributed by atoms with Gasteiger partial charge in [0.25, 0.3) is 0 Å². The van der Waals surface area contributed by atoms with E-state index in [9.17, 15) is 13.2 Å². The number of benzene rings is 4. The van der Waals surface area contributed by atoms with Crippen LogP contribution >= 0.6 is 0 Å². The quantitative estimate of drug-likeness (QED) is 0.144. The van der Waals surface area contributed by atoms with Crippen LogP contribution in [-0.4, -0.2) is 0 Å². The first-order chi connectivity index (χ1) is 18.4. The lowest BCUT2D eigenvalue weighted by Crippen LogP contribution is -2.00. The molecule has 4 rings (SSSR count). The summed E-state index contributed by atoms with van der Waals surface area (Å²) >= 11 is 0. The molecule has 0 N–H and O–H groups in total. The zero-order chi connectivity index (χ0) is 27.1. The fraction of sp³-hybridized carbons (Fsp3) is 0.303. The van der Waals surface area contributed by atoms with E-state index in [0.29, 0.717) is 34.9 Å². The summed E-state index contributed by atoms with van der Waals surface area (Å²) in [4.78, 5) is 0. The SMILES string of the molecule is CCCCCCc1ccc(CCc2ccc3c(F)c(CCc4cc(F)c(C#N)c(F)c4)ccc3c2)c(F)c1. The largest absolute Gasteiger partial charge is 0.207 e. The molecule has 0 amide bonds. The maximum Gasteiger partial charge on any atom is 0.144 e. The van der Waals surface area contributed by atoms with Crippen LogP contribution < -0.4 is 0 Å². The van der Waals surface area contributed by atoms with E-state index in [1.165, 1.54) is 25.3 Å². The average molecular weight is 518 g/mol. The number of nitriles is 1. The van der Waals surface area contributed by atoms with Gasteiger partial charge in [-0.2, -0.15) is 5.26 Å². The summed E-state index contributed by atoms with van der Waals surface area (Å²) in [7, 11) is 0. The standard InChI is InChI=1S/C33H31F4N/c1-2-3-4-5-6-22-7-11-25(30(34)18-22)12-8-23-10-16-28-27(17-23)15-14-26(33(28)37)13-9-24-19-31(35)29(21-38)32(36)20-24/h7,10-11,14-20H,2-6,8-9,12-13H2,1H3. The molecule has 0 radical (unpaired) electrons. The van der Waals surface area contributed by atoms with Crippen LogP contribution in [0.2, 0.25) is 0 Å². The molecule has 5 heteroatoms. The molecule has 0 aromatic heterocycles. The van der Waals surface area contributed by atoms with Crippen LogP contribution in [-0.2, 0) is 32.1 Å². The lowest BCUT2D eigenvalue weighted by atomic mass is 9.96. The molecular formula is C33H31F4N. The van der Waals surface area contributed by atoms with Crippen molar-refractivity contribution in [1.82, 2.24) is 0 Å². The Hall–Kier alpha value is -3.65. The number of hydrogen-bond acceptors (Lipinski definition) is 1. The van der Waals surface area contributed by atoms with Crippen LogP contribution in [0.15, 0.2) is 60.7 Å². The molecule has 0 fully saturated rings. The molecule has 0 unspecified atom stereocenters. The van der Waals surface area contributed by atoms with Crippen LogP contribution in [0.3, 0.4) is 0 Å². The highest BCUT2D eigenvalue weighted by Crippen LogP contribution is 2.25. The Labute approximate surface area is 221 Å². The van der Waals surface area contributed by atoms with Gasteiger partial charge in [-0.1, -0.05) is 68.7 Å². The van der Waals surface area contributed by atoms with Crippen molar-refractivity contribution in [1.29, 1.82) is 5.26 Å². The lowest BCUT2D eigenvalue weighted by Gasteiger charge is -2.10. The van der Waals surface area contributed by atoms with Gasteiger partial charge in [-0.15, -0.1) is 0 Å². The van der Waals surface area contributed by atoms with Crippen molar-refractivity contribution in [3.05, 3.63) is 117 Å². The molecule has 0 heterocycles. The van der Waals surface area contributed by atoms with E-state index in [0.717, 1.165) is 41.5 Å². The highest BCUT2D eigenvalue weighted by molar-refractivity contribution is 5.84. The molecule has 0 bridgehead atoms. The van der Waals surface area contributed by atoms with Gasteiger partial charge in [0.15, 0.2) is 0 Å². The summed E-state index contributed by atoms with van der Waals surface area (Å²) in [5, 5.41) is 10.0. The monoisotopic (exact) mass is 517 g/mol. The van der Waals surface area contributed by atoms with Crippen LogP contribution in [0.1, 0.15) is 66.0 Å². The second kappa shape index (κ2) is 12.7. The van der Waals surface area contributed by atoms with E-state index >= 15 is 4.39 Å². The van der Waals surface area contributed by atoms with Crippen LogP contribution in [0.25, 0.3) is 10.8 Å². The topological polar surface area (TPSA) is 23.8 Å². The summed E-state index contributed by atoms with van der Waals surface area (Å²) in [5.41, 5.74) is 2.92. The average Bonchev–Trinajstić information content (AvgIpc) is 2.90. The van der Waals surface area contributed by atoms with Crippen LogP contribution in [0.4, 0.5) is 17.6 Å². The number of hydrogen-bond donors (Lipinski definition) is 0. The molecular weight excluding hydrogens is 486 g/mol. The first kappa shape index (κ1) is 27.4. The summed E-state index contributed by atoms with van der Waals surface area (Å²) < 4.78 is 57.6. The van der Waals surface area contributed by atoms with Crippen LogP contribution in [0, 0.1) is 34.6 Å². The Morgan fingerprint density at radius 1 is 0.605 bits per heavy atom. The Bertz CT molecular complexity index is 1450. The minimum Gasteiger partial charge on any atom is -0.207 e. The van der Waals surface area contributed by atoms with Crippen LogP contribution in [0.5, 0.6) is 0 Å². The summed E-state index contributed by atoms with van der Waals surface area (Å²) in [6, 6.07) is 18.3. The first-order valence-corrected chi connectivity index (χ1v) is 13.2. The zero-order valence-corrected chi connectivity index (χ0v) is 21.6. The molecule has 0 saturated heterocycles. The molecule has 0 aliphatic rings. The number of halogens is 4. The molecule has 0 aliphatic heterocycles. The Morgan fingerprint density at radius 3 is 1.95 bits per heavy atom. The number of fused-ring (bicyclic) bond motifs is 1. The van der Waals surface area contributed by atoms with E-state index < -0.39 is 17.2 Å². The maximum atomic E-state index is 15.2. The molecule has 38 heavy (non-hydrogen) atoms. The maximum absolute atomic E-state index is 15.2. The molecule has 0 saturated carbocycles. The van der Waals surface area contributed by atoms with Crippen molar-refractivity contribution in [3.8, 4) is 6.07 Å². The van der Waals surface area contributed by atoms with Gasteiger partial charge in [-0.25, -0.2) is 17.6 Å². The molecule has 1 nitrogen and oxygen atoms in total. The predicted octanol–water partition coefficient (Wildman–Crippen LogP) is 8.96. The van der Waals surface area contributed by atoms with E-state index in [1.54, 1.807) is 18.2 Å². The van der Waals surface area contributed by atoms with Gasteiger partial charge in [0.05, 0.1) is 0 Å². The third-order valence-electron chi connectivity index (χ3n) is 7.11. The van der Waals surface area contributed by atoms with Gasteiger partial charge < -0.3 is 0 Å². The van der Waals surface area contributed by atoms with Gasteiger partial charge in [-0.3, -0.25) is 0 Å². The third kappa shape index (κ3) is 6.61. The Morgan fingerprint density at radius 2 is 1.24 bits per heavy atom. The normalized spacial score (nSPS) is 11.2. The van der Waals surface area contributed by atoms with Crippen molar-refractivity contribution < 1.29 is 17.6 Å². The second-order valence-corrected chi connectivity index (χ2v) is 9.88. The van der Waals surface area contributed by atoms with Crippen molar-refractivity contribution in [3.63, 3.8) is 0 Å². The van der Waals surface area contributed by atoms with E-state index in [2.05, 4.69) is 6.92 Å². The zero-order valence-electron chi connectivity index (χ0n) is 21.6. The number of nitrogens with zero attached hydrogens (tertiary/aromatic N) is 1. The number of rotatable bonds is 11. The van der Waals surface area contributed by atoms with Gasteiger partial charge >= 0.3 is 0 Å². The fourth-order valence-corrected chi connectivity index (χ4v) is 4.87. The third-order valence-corrected chi connectivity index (χ3v) is 7.11. The molecule has 0 atom stereocenters. The smallest absolute Gasteiger partial charge is 0.144 e. The van der Waals surface area contributed by atoms with Crippen molar-refractivity contribution >= 4 is 10.8 Å².